The van der Waals surface area contributed by atoms with Crippen molar-refractivity contribution in [3.63, 3.8) is 0 Å². The van der Waals surface area contributed by atoms with Crippen LogP contribution in [0, 0.1) is 0 Å². The highest BCUT2D eigenvalue weighted by Crippen LogP contribution is 2.27. The first kappa shape index (κ1) is 12.1. The standard InChI is InChI=1S/C14H12O4/c1-9(14(16)17)18-13-7-6-10-4-2-3-5-11(10)12(13)8-15/h2-9H,1H3,(H,16,17)/t9-/m0/s1. The van der Waals surface area contributed by atoms with E-state index < -0.39 is 12.1 Å². The Bertz CT molecular complexity index is 604. The molecule has 0 amide bonds. The number of carboxylic acid groups (broad SMARTS) is 1. The molecule has 0 unspecified atom stereocenters. The van der Waals surface area contributed by atoms with Gasteiger partial charge in [-0.2, -0.15) is 0 Å². The maximum Gasteiger partial charge on any atom is 0.344 e. The molecule has 0 bridgehead atoms. The number of hydrogen-bond acceptors (Lipinski definition) is 3. The highest BCUT2D eigenvalue weighted by atomic mass is 16.5. The predicted octanol–water partition coefficient (Wildman–Crippen LogP) is 2.50. The number of carbonyl (C=O) groups excluding carboxylic acids is 1. The summed E-state index contributed by atoms with van der Waals surface area (Å²) in [4.78, 5) is 21.9. The van der Waals surface area contributed by atoms with Gasteiger partial charge in [-0.1, -0.05) is 30.3 Å². The summed E-state index contributed by atoms with van der Waals surface area (Å²) in [6, 6.07) is 10.8. The van der Waals surface area contributed by atoms with Gasteiger partial charge in [0.15, 0.2) is 12.4 Å². The van der Waals surface area contributed by atoms with Gasteiger partial charge in [-0.05, 0) is 23.8 Å². The van der Waals surface area contributed by atoms with Gasteiger partial charge in [-0.25, -0.2) is 4.79 Å². The number of hydrogen-bond donors (Lipinski definition) is 1. The number of aldehydes is 1. The van der Waals surface area contributed by atoms with Gasteiger partial charge >= 0.3 is 5.97 Å². The molecule has 0 heterocycles. The first-order valence-electron chi connectivity index (χ1n) is 5.50. The molecule has 0 saturated carbocycles. The van der Waals surface area contributed by atoms with E-state index in [0.717, 1.165) is 10.8 Å². The fourth-order valence-corrected chi connectivity index (χ4v) is 1.74. The molecule has 1 atom stereocenters. The molecular weight excluding hydrogens is 232 g/mol. The van der Waals surface area contributed by atoms with E-state index >= 15 is 0 Å². The molecule has 0 fully saturated rings. The number of carboxylic acids is 1. The quantitative estimate of drug-likeness (QED) is 0.839. The molecule has 18 heavy (non-hydrogen) atoms. The van der Waals surface area contributed by atoms with Crippen molar-refractivity contribution in [3.05, 3.63) is 42.0 Å². The van der Waals surface area contributed by atoms with E-state index in [4.69, 9.17) is 9.84 Å². The third-order valence-electron chi connectivity index (χ3n) is 2.70. The maximum atomic E-state index is 11.2. The van der Waals surface area contributed by atoms with Crippen LogP contribution in [0.5, 0.6) is 5.75 Å². The first-order chi connectivity index (χ1) is 8.63. The molecule has 0 aliphatic carbocycles. The van der Waals surface area contributed by atoms with Gasteiger partial charge in [-0.3, -0.25) is 4.79 Å². The zero-order valence-electron chi connectivity index (χ0n) is 9.79. The fourth-order valence-electron chi connectivity index (χ4n) is 1.74. The molecule has 0 aliphatic heterocycles. The summed E-state index contributed by atoms with van der Waals surface area (Å²) in [6.07, 6.45) is -0.309. The SMILES string of the molecule is C[C@H](Oc1ccc2ccccc2c1C=O)C(=O)O. The lowest BCUT2D eigenvalue weighted by Gasteiger charge is -2.13. The Labute approximate surface area is 104 Å². The molecule has 0 aliphatic rings. The van der Waals surface area contributed by atoms with Gasteiger partial charge in [0, 0.05) is 0 Å². The van der Waals surface area contributed by atoms with Crippen molar-refractivity contribution in [2.24, 2.45) is 0 Å². The third-order valence-corrected chi connectivity index (χ3v) is 2.70. The summed E-state index contributed by atoms with van der Waals surface area (Å²) in [5.41, 5.74) is 0.376. The van der Waals surface area contributed by atoms with Gasteiger partial charge in [0.25, 0.3) is 0 Å². The second-order valence-electron chi connectivity index (χ2n) is 3.91. The molecule has 0 radical (unpaired) electrons. The third kappa shape index (κ3) is 2.18. The van der Waals surface area contributed by atoms with Crippen LogP contribution in [0.2, 0.25) is 0 Å². The van der Waals surface area contributed by atoms with Crippen LogP contribution in [0.1, 0.15) is 17.3 Å². The fraction of sp³-hybridized carbons (Fsp3) is 0.143. The lowest BCUT2D eigenvalue weighted by atomic mass is 10.0. The maximum absolute atomic E-state index is 11.2. The number of ether oxygens (including phenoxy) is 1. The van der Waals surface area contributed by atoms with Crippen molar-refractivity contribution in [2.45, 2.75) is 13.0 Å². The van der Waals surface area contributed by atoms with Crippen LogP contribution >= 0.6 is 0 Å². The second-order valence-corrected chi connectivity index (χ2v) is 3.91. The average Bonchev–Trinajstić information content (AvgIpc) is 2.38. The summed E-state index contributed by atoms with van der Waals surface area (Å²) in [5.74, 6) is -0.779. The second kappa shape index (κ2) is 4.87. The highest BCUT2D eigenvalue weighted by Gasteiger charge is 2.15. The Kier molecular flexibility index (Phi) is 3.28. The Morgan fingerprint density at radius 2 is 2.00 bits per heavy atom. The van der Waals surface area contributed by atoms with Gasteiger partial charge in [0.1, 0.15) is 5.75 Å². The molecule has 2 aromatic rings. The summed E-state index contributed by atoms with van der Waals surface area (Å²) in [5, 5.41) is 10.5. The van der Waals surface area contributed by atoms with Crippen LogP contribution in [0.15, 0.2) is 36.4 Å². The van der Waals surface area contributed by atoms with Crippen molar-refractivity contribution in [2.75, 3.05) is 0 Å². The van der Waals surface area contributed by atoms with E-state index in [2.05, 4.69) is 0 Å². The number of benzene rings is 2. The molecule has 0 aromatic heterocycles. The lowest BCUT2D eigenvalue weighted by Crippen LogP contribution is -2.23. The van der Waals surface area contributed by atoms with Crippen molar-refractivity contribution in [3.8, 4) is 5.75 Å². The summed E-state index contributed by atoms with van der Waals surface area (Å²) < 4.78 is 5.28. The van der Waals surface area contributed by atoms with Crippen molar-refractivity contribution in [1.82, 2.24) is 0 Å². The normalized spacial score (nSPS) is 12.1. The van der Waals surface area contributed by atoms with Crippen LogP contribution in [-0.2, 0) is 4.79 Å². The monoisotopic (exact) mass is 244 g/mol. The zero-order chi connectivity index (χ0) is 13.1. The van der Waals surface area contributed by atoms with E-state index in [1.54, 1.807) is 18.2 Å². The molecule has 4 nitrogen and oxygen atoms in total. The van der Waals surface area contributed by atoms with Crippen LogP contribution < -0.4 is 4.74 Å². The Hall–Kier alpha value is -2.36. The minimum absolute atomic E-state index is 0.290. The van der Waals surface area contributed by atoms with Crippen LogP contribution in [0.25, 0.3) is 10.8 Å². The largest absolute Gasteiger partial charge is 0.479 e. The van der Waals surface area contributed by atoms with Gasteiger partial charge in [0.05, 0.1) is 5.56 Å². The highest BCUT2D eigenvalue weighted by molar-refractivity contribution is 6.00. The minimum Gasteiger partial charge on any atom is -0.479 e. The van der Waals surface area contributed by atoms with Crippen LogP contribution in [-0.4, -0.2) is 23.5 Å². The van der Waals surface area contributed by atoms with Gasteiger partial charge in [0.2, 0.25) is 0 Å². The molecule has 2 rings (SSSR count). The lowest BCUT2D eigenvalue weighted by molar-refractivity contribution is -0.144. The van der Waals surface area contributed by atoms with Crippen LogP contribution in [0.4, 0.5) is 0 Å². The average molecular weight is 244 g/mol. The van der Waals surface area contributed by atoms with E-state index in [1.165, 1.54) is 6.92 Å². The van der Waals surface area contributed by atoms with Gasteiger partial charge in [-0.15, -0.1) is 0 Å². The summed E-state index contributed by atoms with van der Waals surface area (Å²) in [6.45, 7) is 1.42. The Morgan fingerprint density at radius 3 is 2.67 bits per heavy atom. The molecule has 4 heteroatoms. The topological polar surface area (TPSA) is 63.6 Å². The Balaban J connectivity index is 2.51. The van der Waals surface area contributed by atoms with Crippen molar-refractivity contribution < 1.29 is 19.4 Å². The van der Waals surface area contributed by atoms with E-state index in [-0.39, 0.29) is 0 Å². The number of aliphatic carboxylic acids is 1. The molecular formula is C14H12O4. The Morgan fingerprint density at radius 1 is 1.28 bits per heavy atom. The smallest absolute Gasteiger partial charge is 0.344 e. The minimum atomic E-state index is -1.07. The van der Waals surface area contributed by atoms with Crippen molar-refractivity contribution >= 4 is 23.0 Å². The van der Waals surface area contributed by atoms with Crippen molar-refractivity contribution in [1.29, 1.82) is 0 Å². The number of rotatable bonds is 4. The van der Waals surface area contributed by atoms with Crippen LogP contribution in [0.3, 0.4) is 0 Å². The van der Waals surface area contributed by atoms with Gasteiger partial charge < -0.3 is 9.84 Å². The molecule has 0 saturated heterocycles. The summed E-state index contributed by atoms with van der Waals surface area (Å²) in [7, 11) is 0. The molecule has 0 spiro atoms. The first-order valence-corrected chi connectivity index (χ1v) is 5.50. The molecule has 92 valence electrons. The van der Waals surface area contributed by atoms with E-state index in [1.807, 2.05) is 18.2 Å². The molecule has 1 N–H and O–H groups in total. The number of carbonyl (C=O) groups is 2. The van der Waals surface area contributed by atoms with E-state index in [9.17, 15) is 9.59 Å². The molecule has 2 aromatic carbocycles. The van der Waals surface area contributed by atoms with E-state index in [0.29, 0.717) is 17.6 Å². The zero-order valence-corrected chi connectivity index (χ0v) is 9.79. The predicted molar refractivity (Wildman–Crippen MR) is 67.1 cm³/mol. The summed E-state index contributed by atoms with van der Waals surface area (Å²) >= 11 is 0. The number of fused-ring (bicyclic) bond motifs is 1.